The zero-order valence-corrected chi connectivity index (χ0v) is 13.5. The molecule has 2 aromatic carbocycles. The van der Waals surface area contributed by atoms with Crippen LogP contribution < -0.4 is 14.8 Å². The van der Waals surface area contributed by atoms with Crippen LogP contribution in [0.1, 0.15) is 34.0 Å². The summed E-state index contributed by atoms with van der Waals surface area (Å²) in [6, 6.07) is 12.9. The number of cyclic esters (lactones) is 1. The number of rotatable bonds is 5. The molecule has 1 N–H and O–H groups in total. The minimum atomic E-state index is -0.505. The van der Waals surface area contributed by atoms with E-state index >= 15 is 0 Å². The average molecular weight is 339 g/mol. The van der Waals surface area contributed by atoms with Crippen molar-refractivity contribution in [3.8, 4) is 11.5 Å². The Labute approximate surface area is 144 Å². The molecule has 0 unspecified atom stereocenters. The summed E-state index contributed by atoms with van der Waals surface area (Å²) in [5.74, 6) is 0.969. The van der Waals surface area contributed by atoms with Gasteiger partial charge in [-0.1, -0.05) is 24.3 Å². The third-order valence-electron chi connectivity index (χ3n) is 4.32. The van der Waals surface area contributed by atoms with Gasteiger partial charge in [0.05, 0.1) is 12.0 Å². The maximum Gasteiger partial charge on any atom is 0.339 e. The predicted molar refractivity (Wildman–Crippen MR) is 88.5 cm³/mol. The number of fused-ring (bicyclic) bond motifs is 2. The second-order valence-electron chi connectivity index (χ2n) is 5.97. The van der Waals surface area contributed by atoms with E-state index in [-0.39, 0.29) is 25.1 Å². The Morgan fingerprint density at radius 3 is 2.88 bits per heavy atom. The number of amides is 1. The number of hydrogen-bond donors (Lipinski definition) is 1. The van der Waals surface area contributed by atoms with E-state index in [0.717, 1.165) is 22.6 Å². The Balaban J connectivity index is 1.29. The highest BCUT2D eigenvalue weighted by atomic mass is 16.7. The summed E-state index contributed by atoms with van der Waals surface area (Å²) in [5.41, 5.74) is 2.38. The smallest absolute Gasteiger partial charge is 0.339 e. The molecule has 0 spiro atoms. The predicted octanol–water partition coefficient (Wildman–Crippen LogP) is 2.38. The fraction of sp³-hybridized carbons (Fsp3) is 0.263. The molecule has 0 fully saturated rings. The number of carbonyl (C=O) groups excluding carboxylic acids is 2. The summed E-state index contributed by atoms with van der Waals surface area (Å²) in [6.45, 7) is 0.748. The van der Waals surface area contributed by atoms with Gasteiger partial charge in [0, 0.05) is 12.1 Å². The minimum Gasteiger partial charge on any atom is -0.454 e. The van der Waals surface area contributed by atoms with Gasteiger partial charge in [-0.15, -0.1) is 0 Å². The van der Waals surface area contributed by atoms with Crippen LogP contribution in [0.5, 0.6) is 11.5 Å². The molecule has 0 bridgehead atoms. The summed E-state index contributed by atoms with van der Waals surface area (Å²) >= 11 is 0. The molecule has 1 amide bonds. The van der Waals surface area contributed by atoms with E-state index in [9.17, 15) is 9.59 Å². The molecule has 0 radical (unpaired) electrons. The van der Waals surface area contributed by atoms with Crippen LogP contribution in [0.2, 0.25) is 0 Å². The maximum absolute atomic E-state index is 12.1. The number of esters is 1. The third-order valence-corrected chi connectivity index (χ3v) is 4.32. The largest absolute Gasteiger partial charge is 0.454 e. The quantitative estimate of drug-likeness (QED) is 0.847. The van der Waals surface area contributed by atoms with Crippen LogP contribution in [0.15, 0.2) is 42.5 Å². The molecule has 1 atom stereocenters. The normalized spacial score (nSPS) is 17.1. The first-order valence-electron chi connectivity index (χ1n) is 8.16. The van der Waals surface area contributed by atoms with Crippen molar-refractivity contribution in [1.29, 1.82) is 0 Å². The number of nitrogens with one attached hydrogen (secondary N) is 1. The van der Waals surface area contributed by atoms with Crippen molar-refractivity contribution in [1.82, 2.24) is 5.32 Å². The summed E-state index contributed by atoms with van der Waals surface area (Å²) in [4.78, 5) is 23.9. The van der Waals surface area contributed by atoms with Gasteiger partial charge in [0.25, 0.3) is 0 Å². The van der Waals surface area contributed by atoms with Gasteiger partial charge in [-0.25, -0.2) is 4.79 Å². The molecular weight excluding hydrogens is 322 g/mol. The Bertz CT molecular complexity index is 832. The van der Waals surface area contributed by atoms with Gasteiger partial charge in [-0.3, -0.25) is 4.79 Å². The lowest BCUT2D eigenvalue weighted by molar-refractivity contribution is -0.122. The van der Waals surface area contributed by atoms with E-state index < -0.39 is 6.10 Å². The Morgan fingerprint density at radius 2 is 1.96 bits per heavy atom. The molecule has 25 heavy (non-hydrogen) atoms. The van der Waals surface area contributed by atoms with Gasteiger partial charge in [-0.05, 0) is 30.2 Å². The van der Waals surface area contributed by atoms with E-state index in [2.05, 4.69) is 5.32 Å². The molecular formula is C19H17NO5. The average Bonchev–Trinajstić information content (AvgIpc) is 3.20. The van der Waals surface area contributed by atoms with Crippen molar-refractivity contribution in [2.75, 3.05) is 13.3 Å². The van der Waals surface area contributed by atoms with Gasteiger partial charge >= 0.3 is 5.97 Å². The Morgan fingerprint density at radius 1 is 1.12 bits per heavy atom. The second-order valence-corrected chi connectivity index (χ2v) is 5.97. The van der Waals surface area contributed by atoms with Gasteiger partial charge in [0.15, 0.2) is 11.5 Å². The summed E-state index contributed by atoms with van der Waals surface area (Å²) in [5, 5.41) is 2.87. The number of hydrogen-bond acceptors (Lipinski definition) is 5. The fourth-order valence-corrected chi connectivity index (χ4v) is 3.05. The first kappa shape index (κ1) is 15.5. The summed E-state index contributed by atoms with van der Waals surface area (Å²) < 4.78 is 15.9. The maximum atomic E-state index is 12.1. The van der Waals surface area contributed by atoms with Crippen molar-refractivity contribution in [2.24, 2.45) is 0 Å². The monoisotopic (exact) mass is 339 g/mol. The SMILES string of the molecule is O=C(C[C@H]1OC(=O)c2ccccc21)NCCc1ccc2c(c1)OCO2. The van der Waals surface area contributed by atoms with Gasteiger partial charge in [0.1, 0.15) is 6.10 Å². The first-order valence-corrected chi connectivity index (χ1v) is 8.16. The van der Waals surface area contributed by atoms with Crippen LogP contribution in [0.3, 0.4) is 0 Å². The highest BCUT2D eigenvalue weighted by Gasteiger charge is 2.31. The number of ether oxygens (including phenoxy) is 3. The van der Waals surface area contributed by atoms with E-state index in [1.54, 1.807) is 12.1 Å². The molecule has 2 aliphatic heterocycles. The molecule has 0 saturated heterocycles. The van der Waals surface area contributed by atoms with E-state index in [0.29, 0.717) is 18.5 Å². The molecule has 6 heteroatoms. The van der Waals surface area contributed by atoms with Crippen molar-refractivity contribution in [3.05, 3.63) is 59.2 Å². The highest BCUT2D eigenvalue weighted by Crippen LogP contribution is 2.33. The molecule has 128 valence electrons. The lowest BCUT2D eigenvalue weighted by Crippen LogP contribution is -2.27. The standard InChI is InChI=1S/C19H17NO5/c21-18(10-16-13-3-1-2-4-14(13)19(22)25-16)20-8-7-12-5-6-15-17(9-12)24-11-23-15/h1-6,9,16H,7-8,10-11H2,(H,20,21)/t16-/m1/s1. The van der Waals surface area contributed by atoms with Gasteiger partial charge in [0.2, 0.25) is 12.7 Å². The molecule has 0 saturated carbocycles. The molecule has 2 heterocycles. The lowest BCUT2D eigenvalue weighted by Gasteiger charge is -2.11. The Kier molecular flexibility index (Phi) is 4.01. The van der Waals surface area contributed by atoms with Crippen molar-refractivity contribution in [2.45, 2.75) is 18.9 Å². The van der Waals surface area contributed by atoms with Crippen molar-refractivity contribution >= 4 is 11.9 Å². The molecule has 0 aliphatic carbocycles. The van der Waals surface area contributed by atoms with Crippen LogP contribution >= 0.6 is 0 Å². The summed E-state index contributed by atoms with van der Waals surface area (Å²) in [7, 11) is 0. The third kappa shape index (κ3) is 3.15. The van der Waals surface area contributed by atoms with Crippen LogP contribution in [0, 0.1) is 0 Å². The minimum absolute atomic E-state index is 0.129. The lowest BCUT2D eigenvalue weighted by atomic mass is 10.0. The van der Waals surface area contributed by atoms with Crippen LogP contribution in [0.4, 0.5) is 0 Å². The zero-order valence-electron chi connectivity index (χ0n) is 13.5. The molecule has 2 aromatic rings. The molecule has 2 aliphatic rings. The number of carbonyl (C=O) groups is 2. The first-order chi connectivity index (χ1) is 12.2. The second kappa shape index (κ2) is 6.47. The molecule has 6 nitrogen and oxygen atoms in total. The highest BCUT2D eigenvalue weighted by molar-refractivity contribution is 5.94. The van der Waals surface area contributed by atoms with Crippen LogP contribution in [-0.2, 0) is 16.0 Å². The topological polar surface area (TPSA) is 73.9 Å². The van der Waals surface area contributed by atoms with Crippen LogP contribution in [-0.4, -0.2) is 25.2 Å². The van der Waals surface area contributed by atoms with Gasteiger partial charge < -0.3 is 19.5 Å². The van der Waals surface area contributed by atoms with E-state index in [1.165, 1.54) is 0 Å². The Hall–Kier alpha value is -3.02. The molecule has 4 rings (SSSR count). The summed E-state index contributed by atoms with van der Waals surface area (Å²) in [6.07, 6.45) is 0.307. The van der Waals surface area contributed by atoms with Crippen molar-refractivity contribution < 1.29 is 23.8 Å². The zero-order chi connectivity index (χ0) is 17.2. The van der Waals surface area contributed by atoms with Crippen molar-refractivity contribution in [3.63, 3.8) is 0 Å². The van der Waals surface area contributed by atoms with E-state index in [1.807, 2.05) is 30.3 Å². The fourth-order valence-electron chi connectivity index (χ4n) is 3.05. The molecule has 0 aromatic heterocycles. The number of benzene rings is 2. The van der Waals surface area contributed by atoms with E-state index in [4.69, 9.17) is 14.2 Å². The van der Waals surface area contributed by atoms with Crippen LogP contribution in [0.25, 0.3) is 0 Å². The van der Waals surface area contributed by atoms with Gasteiger partial charge in [-0.2, -0.15) is 0 Å².